The summed E-state index contributed by atoms with van der Waals surface area (Å²) in [5.74, 6) is -0.590. The first kappa shape index (κ1) is 78.1. The number of hydrogen-bond acceptors (Lipinski definition) is 15. The van der Waals surface area contributed by atoms with E-state index in [2.05, 4.69) is 78.7 Å². The van der Waals surface area contributed by atoms with Gasteiger partial charge in [0.25, 0.3) is 12.0 Å². The van der Waals surface area contributed by atoms with E-state index in [0.717, 1.165) is 91.1 Å². The highest BCUT2D eigenvalue weighted by Gasteiger charge is 2.31. The highest BCUT2D eigenvalue weighted by atomic mass is 16.5. The summed E-state index contributed by atoms with van der Waals surface area (Å²) in [7, 11) is 6.09. The number of aryl methyl sites for hydroxylation is 2. The van der Waals surface area contributed by atoms with Crippen LogP contribution < -0.4 is 20.8 Å². The lowest BCUT2D eigenvalue weighted by atomic mass is 9.98. The third-order valence-electron chi connectivity index (χ3n) is 17.5. The Morgan fingerprint density at radius 2 is 0.836 bits per heavy atom. The minimum atomic E-state index is -1.05. The maximum absolute atomic E-state index is 13.6. The normalized spacial score (nSPS) is 10.6. The van der Waals surface area contributed by atoms with Crippen LogP contribution in [0.3, 0.4) is 0 Å². The van der Waals surface area contributed by atoms with E-state index >= 15 is 0 Å². The average Bonchev–Trinajstić information content (AvgIpc) is 1.55. The molecule has 0 fully saturated rings. The molecule has 1 unspecified atom stereocenters. The molecule has 0 saturated heterocycles. The number of methoxy groups -OCH3 is 3. The molecule has 1 atom stereocenters. The summed E-state index contributed by atoms with van der Waals surface area (Å²) < 4.78 is 22.7. The van der Waals surface area contributed by atoms with Crippen LogP contribution >= 0.6 is 0 Å². The van der Waals surface area contributed by atoms with Gasteiger partial charge in [0.2, 0.25) is 5.88 Å². The van der Waals surface area contributed by atoms with Gasteiger partial charge in [-0.05, 0) is 71.0 Å². The first-order chi connectivity index (χ1) is 53.8. The van der Waals surface area contributed by atoms with Crippen LogP contribution in [0.1, 0.15) is 36.7 Å². The number of nitrogens with two attached hydrogens (primary N) is 1. The van der Waals surface area contributed by atoms with Crippen LogP contribution in [-0.2, 0) is 48.5 Å². The monoisotopic (exact) mass is 1470 g/mol. The maximum Gasteiger partial charge on any atom is 0.324 e. The third kappa shape index (κ3) is 18.8. The van der Waals surface area contributed by atoms with E-state index in [9.17, 15) is 24.3 Å². The van der Waals surface area contributed by atoms with Gasteiger partial charge in [-0.2, -0.15) is 24.9 Å². The molecule has 0 aliphatic rings. The van der Waals surface area contributed by atoms with Crippen molar-refractivity contribution in [1.82, 2.24) is 44.8 Å². The molecule has 10 aromatic carbocycles. The quantitative estimate of drug-likeness (QED) is 0.0264. The fourth-order valence-electron chi connectivity index (χ4n) is 12.3. The summed E-state index contributed by atoms with van der Waals surface area (Å²) in [5.41, 5.74) is 25.4. The number of anilines is 1. The molecule has 0 aliphatic heterocycles. The summed E-state index contributed by atoms with van der Waals surface area (Å²) in [6.07, 6.45) is 2.18. The number of aromatic nitrogens is 9. The van der Waals surface area contributed by atoms with Gasteiger partial charge in [-0.25, -0.2) is 0 Å². The SMILES string of the molecule is CCOC(=O)C(C(=O)OC)c1ccc(OC)cc1.CCc1[nH]nc(-c2ccccc2)c1-c1ccccc1.COc1ccc(-c2c(O)n(C)c3c(-c4ccccc4)c(-c4ccccc4)nn3c2=O)cc1.Nc1n[nH]c(-c2ccccc2)c1-c1ccccc1.O=CCc1[nH]nc(-c2ccccc2)c1-c1ccccc1.O=CO. The Labute approximate surface area is 635 Å². The van der Waals surface area contributed by atoms with Crippen molar-refractivity contribution in [2.24, 2.45) is 7.05 Å². The number of ether oxygens (including phenoxy) is 4. The Morgan fingerprint density at radius 1 is 0.464 bits per heavy atom. The number of hydrogen-bond donors (Lipinski definition) is 6. The summed E-state index contributed by atoms with van der Waals surface area (Å²) >= 11 is 0. The molecule has 7 N–H and O–H groups in total. The number of benzene rings is 10. The van der Waals surface area contributed by atoms with Crippen molar-refractivity contribution in [3.63, 3.8) is 0 Å². The zero-order chi connectivity index (χ0) is 77.7. The van der Waals surface area contributed by atoms with E-state index in [0.29, 0.717) is 46.2 Å². The molecule has 0 aliphatic carbocycles. The standard InChI is InChI=1S/C26H21N3O3.C17H14N2O.C17H16N2.C15H13N3.C13H16O5.CH2O2/c1-28-24-21(17-9-5-3-6-10-17)23(19-11-7-4-8-12-19)27-29(24)26(31)22(25(28)30)18-13-15-20(32-2)16-14-18;20-12-11-15-16(13-7-3-1-4-8-13)17(19-18-15)14-9-5-2-6-10-14;1-2-15-16(13-9-5-3-6-10-13)17(19-18-15)14-11-7-4-8-12-14;16-15-13(11-7-3-1-4-8-11)14(17-18-15)12-9-5-2-6-10-12;1-4-18-13(15)11(12(14)17-3)9-5-7-10(16-2)8-6-9;2-1-3/h3-16,30H,1-2H3;1-10,12H,11H2,(H,18,19);3-12H,2H2,1H3,(H,18,19);1-10H,(H3,16,17,18);5-8,11H,4H2,1-3H3;1H,(H,2,3). The number of carbonyl (C=O) groups is 4. The fraction of sp³-hybridized carbons (Fsp3) is 0.112. The number of aromatic hydroxyl groups is 1. The van der Waals surface area contributed by atoms with Crippen molar-refractivity contribution in [3.8, 4) is 118 Å². The lowest BCUT2D eigenvalue weighted by molar-refractivity contribution is -0.155. The summed E-state index contributed by atoms with van der Waals surface area (Å²) in [6.45, 7) is 3.79. The van der Waals surface area contributed by atoms with E-state index in [1.54, 1.807) is 74.2 Å². The molecule has 21 heteroatoms. The number of fused-ring (bicyclic) bond motifs is 1. The number of nitrogens with one attached hydrogen (secondary N) is 3. The number of aldehydes is 1. The molecular formula is C89H82N10O11. The lowest BCUT2D eigenvalue weighted by Gasteiger charge is -2.14. The Balaban J connectivity index is 0.000000148. The highest BCUT2D eigenvalue weighted by molar-refractivity contribution is 6.01. The van der Waals surface area contributed by atoms with Gasteiger partial charge in [0.05, 0.1) is 50.5 Å². The largest absolute Gasteiger partial charge is 0.497 e. The van der Waals surface area contributed by atoms with Crippen molar-refractivity contribution < 1.29 is 48.3 Å². The Morgan fingerprint density at radius 3 is 1.25 bits per heavy atom. The van der Waals surface area contributed by atoms with Crippen molar-refractivity contribution in [3.05, 3.63) is 318 Å². The van der Waals surface area contributed by atoms with E-state index in [1.165, 1.54) is 35.6 Å². The van der Waals surface area contributed by atoms with Crippen LogP contribution in [0, 0.1) is 0 Å². The van der Waals surface area contributed by atoms with Gasteiger partial charge in [-0.3, -0.25) is 39.0 Å². The second-order valence-corrected chi connectivity index (χ2v) is 24.2. The van der Waals surface area contributed by atoms with Crippen molar-refractivity contribution >= 4 is 36.2 Å². The number of nitrogen functional groups attached to an aromatic ring is 1. The van der Waals surface area contributed by atoms with Crippen molar-refractivity contribution in [1.29, 1.82) is 0 Å². The molecule has 554 valence electrons. The van der Waals surface area contributed by atoms with Gasteiger partial charge in [0, 0.05) is 52.5 Å². The molecule has 5 aromatic heterocycles. The summed E-state index contributed by atoms with van der Waals surface area (Å²) in [6, 6.07) is 94.0. The van der Waals surface area contributed by atoms with Crippen molar-refractivity contribution in [2.45, 2.75) is 32.6 Å². The van der Waals surface area contributed by atoms with Crippen LogP contribution in [0.25, 0.3) is 106 Å². The highest BCUT2D eigenvalue weighted by Crippen LogP contribution is 2.40. The van der Waals surface area contributed by atoms with Gasteiger partial charge in [-0.15, -0.1) is 0 Å². The van der Waals surface area contributed by atoms with Gasteiger partial charge in [0.1, 0.15) is 40.4 Å². The fourth-order valence-corrected chi connectivity index (χ4v) is 12.3. The molecule has 5 heterocycles. The Bertz CT molecular complexity index is 5470. The minimum absolute atomic E-state index is 0.121. The number of H-pyrrole nitrogens is 3. The average molecular weight is 1470 g/mol. The maximum atomic E-state index is 13.6. The van der Waals surface area contributed by atoms with Gasteiger partial charge < -0.3 is 39.7 Å². The first-order valence-electron chi connectivity index (χ1n) is 35.1. The molecular weight excluding hydrogens is 1390 g/mol. The molecule has 0 saturated carbocycles. The molecule has 21 nitrogen and oxygen atoms in total. The van der Waals surface area contributed by atoms with Gasteiger partial charge in [0.15, 0.2) is 17.4 Å². The number of carbonyl (C=O) groups excluding carboxylic acids is 3. The first-order valence-corrected chi connectivity index (χ1v) is 35.1. The van der Waals surface area contributed by atoms with E-state index < -0.39 is 17.9 Å². The second kappa shape index (κ2) is 39.0. The topological polar surface area (TPSA) is 297 Å². The third-order valence-corrected chi connectivity index (χ3v) is 17.5. The van der Waals surface area contributed by atoms with Crippen LogP contribution in [0.15, 0.2) is 296 Å². The molecule has 0 spiro atoms. The van der Waals surface area contributed by atoms with Crippen molar-refractivity contribution in [2.75, 3.05) is 33.7 Å². The molecule has 15 aromatic rings. The number of nitrogens with zero attached hydrogens (tertiary/aromatic N) is 6. The van der Waals surface area contributed by atoms with E-state index in [-0.39, 0.29) is 30.1 Å². The predicted molar refractivity (Wildman–Crippen MR) is 430 cm³/mol. The van der Waals surface area contributed by atoms with Gasteiger partial charge >= 0.3 is 11.9 Å². The summed E-state index contributed by atoms with van der Waals surface area (Å²) in [5, 5.41) is 44.9. The Hall–Kier alpha value is -14.5. The van der Waals surface area contributed by atoms with E-state index in [1.807, 2.05) is 206 Å². The molecule has 110 heavy (non-hydrogen) atoms. The smallest absolute Gasteiger partial charge is 0.324 e. The molecule has 0 bridgehead atoms. The van der Waals surface area contributed by atoms with Crippen LogP contribution in [-0.4, -0.2) is 108 Å². The predicted octanol–water partition coefficient (Wildman–Crippen LogP) is 17.1. The van der Waals surface area contributed by atoms with Crippen LogP contribution in [0.4, 0.5) is 5.82 Å². The molecule has 0 amide bonds. The number of aromatic amines is 3. The van der Waals surface area contributed by atoms with Gasteiger partial charge in [-0.1, -0.05) is 274 Å². The number of carboxylic acid groups (broad SMARTS) is 1. The minimum Gasteiger partial charge on any atom is -0.497 e. The lowest BCUT2D eigenvalue weighted by Crippen LogP contribution is -2.25. The molecule has 0 radical (unpaired) electrons. The number of esters is 2. The second-order valence-electron chi connectivity index (χ2n) is 24.2. The van der Waals surface area contributed by atoms with Crippen LogP contribution in [0.2, 0.25) is 0 Å². The Kier molecular flexibility index (Phi) is 27.7. The summed E-state index contributed by atoms with van der Waals surface area (Å²) in [4.78, 5) is 56.2. The van der Waals surface area contributed by atoms with E-state index in [4.69, 9.17) is 34.9 Å². The number of rotatable bonds is 18. The zero-order valence-electron chi connectivity index (χ0n) is 61.4. The molecule has 15 rings (SSSR count). The zero-order valence-corrected chi connectivity index (χ0v) is 61.4. The van der Waals surface area contributed by atoms with Crippen LogP contribution in [0.5, 0.6) is 17.4 Å².